The highest BCUT2D eigenvalue weighted by Crippen LogP contribution is 2.29. The zero-order valence-electron chi connectivity index (χ0n) is 13.8. The predicted molar refractivity (Wildman–Crippen MR) is 92.6 cm³/mol. The number of benzene rings is 1. The van der Waals surface area contributed by atoms with Crippen molar-refractivity contribution in [2.24, 2.45) is 0 Å². The van der Waals surface area contributed by atoms with Gasteiger partial charge in [-0.15, -0.1) is 0 Å². The first kappa shape index (κ1) is 17.5. The fraction of sp³-hybridized carbons (Fsp3) is 0.294. The maximum atomic E-state index is 12.1. The number of hydrogen-bond acceptors (Lipinski definition) is 6. The molecule has 0 bridgehead atoms. The third-order valence-corrected chi connectivity index (χ3v) is 4.22. The van der Waals surface area contributed by atoms with Crippen molar-refractivity contribution in [2.45, 2.75) is 25.3 Å². The molecule has 0 fully saturated rings. The van der Waals surface area contributed by atoms with Gasteiger partial charge in [0.25, 0.3) is 11.5 Å². The number of carbonyl (C=O) groups is 2. The number of nitrogen functional groups attached to an aromatic ring is 1. The number of carbonyl (C=O) groups excluding carboxylic acids is 2. The number of esters is 1. The number of hydrogen-bond donors (Lipinski definition) is 4. The van der Waals surface area contributed by atoms with E-state index in [2.05, 4.69) is 10.3 Å². The molecule has 1 aromatic heterocycles. The lowest BCUT2D eigenvalue weighted by atomic mass is 9.88. The Bertz CT molecular complexity index is 962. The van der Waals surface area contributed by atoms with Crippen LogP contribution in [0.3, 0.4) is 0 Å². The summed E-state index contributed by atoms with van der Waals surface area (Å²) in [6.07, 6.45) is 2.71. The van der Waals surface area contributed by atoms with Crippen LogP contribution in [0.1, 0.15) is 40.5 Å². The van der Waals surface area contributed by atoms with E-state index in [0.717, 1.165) is 24.8 Å². The SMILES string of the molecule is Nc1c(C(=O)OCC(=O)N[C@H]2CCCc3ccccc32)[nH]c(=O)[nH]c1=O. The van der Waals surface area contributed by atoms with E-state index >= 15 is 0 Å². The van der Waals surface area contributed by atoms with Crippen molar-refractivity contribution in [3.8, 4) is 0 Å². The van der Waals surface area contributed by atoms with E-state index in [9.17, 15) is 19.2 Å². The van der Waals surface area contributed by atoms with Gasteiger partial charge in [-0.2, -0.15) is 0 Å². The maximum Gasteiger partial charge on any atom is 0.357 e. The summed E-state index contributed by atoms with van der Waals surface area (Å²) in [6, 6.07) is 7.72. The molecule has 2 aromatic rings. The number of anilines is 1. The van der Waals surface area contributed by atoms with Gasteiger partial charge in [-0.3, -0.25) is 19.6 Å². The molecule has 1 atom stereocenters. The van der Waals surface area contributed by atoms with Crippen LogP contribution >= 0.6 is 0 Å². The average molecular weight is 358 g/mol. The lowest BCUT2D eigenvalue weighted by molar-refractivity contribution is -0.125. The van der Waals surface area contributed by atoms with Crippen LogP contribution in [0, 0.1) is 0 Å². The number of nitrogens with one attached hydrogen (secondary N) is 3. The lowest BCUT2D eigenvalue weighted by Crippen LogP contribution is -2.35. The number of aromatic nitrogens is 2. The van der Waals surface area contributed by atoms with E-state index in [1.807, 2.05) is 29.2 Å². The Morgan fingerprint density at radius 1 is 1.23 bits per heavy atom. The number of aryl methyl sites for hydroxylation is 1. The third-order valence-electron chi connectivity index (χ3n) is 4.22. The Hall–Kier alpha value is -3.36. The first-order chi connectivity index (χ1) is 12.5. The summed E-state index contributed by atoms with van der Waals surface area (Å²) >= 11 is 0. The number of H-pyrrole nitrogens is 2. The molecule has 0 aliphatic heterocycles. The Morgan fingerprint density at radius 3 is 2.81 bits per heavy atom. The van der Waals surface area contributed by atoms with E-state index in [4.69, 9.17) is 10.5 Å². The van der Waals surface area contributed by atoms with E-state index in [1.165, 1.54) is 5.56 Å². The number of nitrogens with two attached hydrogens (primary N) is 1. The van der Waals surface area contributed by atoms with Gasteiger partial charge in [-0.05, 0) is 30.4 Å². The molecular formula is C17H18N4O5. The minimum absolute atomic E-state index is 0.143. The summed E-state index contributed by atoms with van der Waals surface area (Å²) in [6.45, 7) is -0.550. The summed E-state index contributed by atoms with van der Waals surface area (Å²) in [5.41, 5.74) is 4.95. The first-order valence-corrected chi connectivity index (χ1v) is 8.12. The minimum atomic E-state index is -1.05. The molecule has 3 rings (SSSR count). The average Bonchev–Trinajstić information content (AvgIpc) is 2.63. The molecule has 0 radical (unpaired) electrons. The summed E-state index contributed by atoms with van der Waals surface area (Å²) in [5, 5.41) is 2.83. The Morgan fingerprint density at radius 2 is 2.00 bits per heavy atom. The van der Waals surface area contributed by atoms with Crippen LogP contribution in [-0.4, -0.2) is 28.5 Å². The molecule has 1 heterocycles. The second-order valence-corrected chi connectivity index (χ2v) is 5.98. The lowest BCUT2D eigenvalue weighted by Gasteiger charge is -2.26. The van der Waals surface area contributed by atoms with Gasteiger partial charge in [0.15, 0.2) is 12.3 Å². The van der Waals surface area contributed by atoms with Gasteiger partial charge in [-0.25, -0.2) is 9.59 Å². The van der Waals surface area contributed by atoms with Crippen LogP contribution in [0.25, 0.3) is 0 Å². The third kappa shape index (κ3) is 3.66. The highest BCUT2D eigenvalue weighted by Gasteiger charge is 2.22. The van der Waals surface area contributed by atoms with E-state index < -0.39 is 41.1 Å². The van der Waals surface area contributed by atoms with Crippen LogP contribution in [0.5, 0.6) is 0 Å². The number of amides is 1. The summed E-state index contributed by atoms with van der Waals surface area (Å²) < 4.78 is 4.86. The van der Waals surface area contributed by atoms with Gasteiger partial charge in [0.2, 0.25) is 0 Å². The van der Waals surface area contributed by atoms with Gasteiger partial charge in [0.05, 0.1) is 6.04 Å². The van der Waals surface area contributed by atoms with Crippen LogP contribution in [0.4, 0.5) is 5.69 Å². The van der Waals surface area contributed by atoms with Gasteiger partial charge in [0.1, 0.15) is 5.69 Å². The standard InChI is InChI=1S/C17H18N4O5/c18-13-14(20-17(25)21-15(13)23)16(24)26-8-12(22)19-11-7-3-5-9-4-1-2-6-10(9)11/h1-2,4,6,11H,3,5,7-8,18H2,(H,19,22)(H2,20,21,23,25)/t11-/m0/s1. The van der Waals surface area contributed by atoms with Gasteiger partial charge in [0, 0.05) is 0 Å². The van der Waals surface area contributed by atoms with Crippen LogP contribution in [0.2, 0.25) is 0 Å². The molecule has 0 spiro atoms. The molecule has 5 N–H and O–H groups in total. The highest BCUT2D eigenvalue weighted by molar-refractivity contribution is 5.93. The quantitative estimate of drug-likeness (QED) is 0.565. The van der Waals surface area contributed by atoms with Crippen molar-refractivity contribution in [2.75, 3.05) is 12.3 Å². The highest BCUT2D eigenvalue weighted by atomic mass is 16.5. The van der Waals surface area contributed by atoms with Crippen molar-refractivity contribution >= 4 is 17.6 Å². The molecule has 26 heavy (non-hydrogen) atoms. The topological polar surface area (TPSA) is 147 Å². The van der Waals surface area contributed by atoms with E-state index in [-0.39, 0.29) is 6.04 Å². The zero-order chi connectivity index (χ0) is 18.7. The van der Waals surface area contributed by atoms with E-state index in [0.29, 0.717) is 0 Å². The fourth-order valence-corrected chi connectivity index (χ4v) is 3.00. The largest absolute Gasteiger partial charge is 0.451 e. The second-order valence-electron chi connectivity index (χ2n) is 5.98. The number of fused-ring (bicyclic) bond motifs is 1. The van der Waals surface area contributed by atoms with Crippen LogP contribution in [-0.2, 0) is 16.0 Å². The maximum absolute atomic E-state index is 12.1. The monoisotopic (exact) mass is 358 g/mol. The van der Waals surface area contributed by atoms with Crippen molar-refractivity contribution in [3.05, 3.63) is 61.9 Å². The van der Waals surface area contributed by atoms with Crippen LogP contribution in [0.15, 0.2) is 33.9 Å². The summed E-state index contributed by atoms with van der Waals surface area (Å²) in [5.74, 6) is -1.53. The Kier molecular flexibility index (Phi) is 4.87. The summed E-state index contributed by atoms with van der Waals surface area (Å²) in [7, 11) is 0. The molecule has 1 aliphatic carbocycles. The normalized spacial score (nSPS) is 15.8. The molecule has 1 aromatic carbocycles. The molecule has 136 valence electrons. The smallest absolute Gasteiger partial charge is 0.357 e. The van der Waals surface area contributed by atoms with Gasteiger partial charge >= 0.3 is 11.7 Å². The second kappa shape index (κ2) is 7.26. The Balaban J connectivity index is 1.63. The molecule has 9 nitrogen and oxygen atoms in total. The Labute approximate surface area is 147 Å². The molecule has 0 saturated carbocycles. The molecule has 0 saturated heterocycles. The number of rotatable bonds is 4. The molecule has 0 unspecified atom stereocenters. The predicted octanol–water partition coefficient (Wildman–Crippen LogP) is -0.00400. The molecule has 1 amide bonds. The van der Waals surface area contributed by atoms with Crippen molar-refractivity contribution in [1.82, 2.24) is 15.3 Å². The number of aromatic amines is 2. The fourth-order valence-electron chi connectivity index (χ4n) is 3.00. The van der Waals surface area contributed by atoms with Crippen LogP contribution < -0.4 is 22.3 Å². The molecule has 9 heteroatoms. The van der Waals surface area contributed by atoms with Crippen molar-refractivity contribution in [3.63, 3.8) is 0 Å². The minimum Gasteiger partial charge on any atom is -0.451 e. The molecular weight excluding hydrogens is 340 g/mol. The molecule has 1 aliphatic rings. The summed E-state index contributed by atoms with van der Waals surface area (Å²) in [4.78, 5) is 50.7. The zero-order valence-corrected chi connectivity index (χ0v) is 13.8. The van der Waals surface area contributed by atoms with Gasteiger partial charge < -0.3 is 15.8 Å². The van der Waals surface area contributed by atoms with Crippen molar-refractivity contribution < 1.29 is 14.3 Å². The first-order valence-electron chi connectivity index (χ1n) is 8.12. The number of ether oxygens (including phenoxy) is 1. The van der Waals surface area contributed by atoms with Gasteiger partial charge in [-0.1, -0.05) is 24.3 Å². The van der Waals surface area contributed by atoms with E-state index in [1.54, 1.807) is 0 Å². The van der Waals surface area contributed by atoms with Crippen molar-refractivity contribution in [1.29, 1.82) is 0 Å².